The van der Waals surface area contributed by atoms with Crippen LogP contribution in [0, 0.1) is 5.82 Å². The lowest BCUT2D eigenvalue weighted by Gasteiger charge is -2.25. The molecule has 1 fully saturated rings. The zero-order valence-electron chi connectivity index (χ0n) is 16.4. The number of aliphatic hydroxyl groups excluding tert-OH is 1. The first-order valence-corrected chi connectivity index (χ1v) is 9.75. The summed E-state index contributed by atoms with van der Waals surface area (Å²) in [4.78, 5) is 27.2. The van der Waals surface area contributed by atoms with E-state index in [4.69, 9.17) is 16.3 Å². The molecule has 1 atom stereocenters. The Bertz CT molecular complexity index is 1220. The van der Waals surface area contributed by atoms with E-state index in [1.807, 2.05) is 0 Å². The number of ether oxygens (including phenoxy) is 1. The molecule has 4 rings (SSSR count). The number of rotatable bonds is 4. The number of hydrogen-bond acceptors (Lipinski definition) is 4. The Kier molecular flexibility index (Phi) is 5.48. The molecular formula is C24H17ClFNO4. The minimum absolute atomic E-state index is 0.0751. The molecule has 3 aromatic rings. The number of nitrogens with zero attached hydrogens (tertiary/aromatic N) is 1. The summed E-state index contributed by atoms with van der Waals surface area (Å²) in [5.41, 5.74) is 0.437. The fraction of sp³-hybridized carbons (Fsp3) is 0.0833. The molecule has 0 aromatic heterocycles. The molecule has 0 aliphatic carbocycles. The van der Waals surface area contributed by atoms with Crippen molar-refractivity contribution in [2.75, 3.05) is 12.0 Å². The molecule has 1 amide bonds. The molecule has 1 N–H and O–H groups in total. The highest BCUT2D eigenvalue weighted by Gasteiger charge is 2.47. The van der Waals surface area contributed by atoms with Gasteiger partial charge in [-0.15, -0.1) is 0 Å². The van der Waals surface area contributed by atoms with E-state index in [2.05, 4.69) is 0 Å². The summed E-state index contributed by atoms with van der Waals surface area (Å²) in [7, 11) is 1.47. The van der Waals surface area contributed by atoms with Gasteiger partial charge in [0.1, 0.15) is 17.3 Å². The Morgan fingerprint density at radius 2 is 1.77 bits per heavy atom. The van der Waals surface area contributed by atoms with Gasteiger partial charge in [0.25, 0.3) is 11.7 Å². The number of ketones is 1. The van der Waals surface area contributed by atoms with E-state index >= 15 is 0 Å². The van der Waals surface area contributed by atoms with E-state index in [1.165, 1.54) is 37.4 Å². The SMILES string of the molecule is COc1cccc(/C(O)=C2\C(=O)C(=O)N(c3cccc(Cl)c3)C2c2ccccc2F)c1. The average Bonchev–Trinajstić information content (AvgIpc) is 3.04. The number of aliphatic hydroxyl groups is 1. The van der Waals surface area contributed by atoms with Crippen LogP contribution in [0.3, 0.4) is 0 Å². The highest BCUT2D eigenvalue weighted by atomic mass is 35.5. The van der Waals surface area contributed by atoms with Gasteiger partial charge in [-0.05, 0) is 36.4 Å². The Hall–Kier alpha value is -3.64. The first kappa shape index (κ1) is 20.6. The molecule has 156 valence electrons. The zero-order chi connectivity index (χ0) is 22.1. The fourth-order valence-electron chi connectivity index (χ4n) is 3.64. The minimum Gasteiger partial charge on any atom is -0.507 e. The molecule has 0 saturated carbocycles. The minimum atomic E-state index is -1.18. The van der Waals surface area contributed by atoms with E-state index < -0.39 is 29.3 Å². The molecule has 1 aliphatic rings. The third-order valence-electron chi connectivity index (χ3n) is 5.07. The number of halogens is 2. The summed E-state index contributed by atoms with van der Waals surface area (Å²) in [6, 6.07) is 17.4. The van der Waals surface area contributed by atoms with Crippen molar-refractivity contribution in [1.82, 2.24) is 0 Å². The first-order chi connectivity index (χ1) is 14.9. The van der Waals surface area contributed by atoms with Crippen LogP contribution >= 0.6 is 11.6 Å². The molecule has 1 unspecified atom stereocenters. The van der Waals surface area contributed by atoms with Gasteiger partial charge in [-0.1, -0.05) is 48.0 Å². The van der Waals surface area contributed by atoms with Crippen LogP contribution in [0.4, 0.5) is 10.1 Å². The first-order valence-electron chi connectivity index (χ1n) is 9.38. The maximum Gasteiger partial charge on any atom is 0.300 e. The Balaban J connectivity index is 1.98. The molecule has 3 aromatic carbocycles. The van der Waals surface area contributed by atoms with Crippen LogP contribution in [0.1, 0.15) is 17.2 Å². The predicted molar refractivity (Wildman–Crippen MR) is 116 cm³/mol. The van der Waals surface area contributed by atoms with Crippen molar-refractivity contribution in [1.29, 1.82) is 0 Å². The molecular weight excluding hydrogens is 421 g/mol. The maximum atomic E-state index is 14.8. The monoisotopic (exact) mass is 437 g/mol. The third kappa shape index (κ3) is 3.66. The number of anilines is 1. The van der Waals surface area contributed by atoms with E-state index in [0.717, 1.165) is 4.90 Å². The van der Waals surface area contributed by atoms with Gasteiger partial charge in [0, 0.05) is 21.8 Å². The standard InChI is InChI=1S/C24H17ClFNO4/c1-31-17-9-4-6-14(12-17)22(28)20-21(18-10-2-3-11-19(18)26)27(24(30)23(20)29)16-8-5-7-15(25)13-16/h2-13,21,28H,1H3/b22-20+. The summed E-state index contributed by atoms with van der Waals surface area (Å²) in [6.07, 6.45) is 0. The molecule has 0 spiro atoms. The van der Waals surface area contributed by atoms with Crippen LogP contribution in [0.2, 0.25) is 5.02 Å². The van der Waals surface area contributed by atoms with E-state index in [9.17, 15) is 19.1 Å². The third-order valence-corrected chi connectivity index (χ3v) is 5.31. The molecule has 0 bridgehead atoms. The smallest absolute Gasteiger partial charge is 0.300 e. The lowest BCUT2D eigenvalue weighted by Crippen LogP contribution is -2.29. The normalized spacial score (nSPS) is 17.8. The summed E-state index contributed by atoms with van der Waals surface area (Å²) in [5, 5.41) is 11.4. The van der Waals surface area contributed by atoms with Gasteiger partial charge in [-0.2, -0.15) is 0 Å². The lowest BCUT2D eigenvalue weighted by atomic mass is 9.94. The highest BCUT2D eigenvalue weighted by molar-refractivity contribution is 6.51. The van der Waals surface area contributed by atoms with Gasteiger partial charge < -0.3 is 9.84 Å². The van der Waals surface area contributed by atoms with Crippen LogP contribution in [-0.4, -0.2) is 23.9 Å². The number of Topliss-reactive ketones (excluding diaryl/α,β-unsaturated/α-hetero) is 1. The number of benzene rings is 3. The number of carbonyl (C=O) groups excluding carboxylic acids is 2. The molecule has 1 heterocycles. The van der Waals surface area contributed by atoms with Crippen molar-refractivity contribution in [3.05, 3.63) is 100 Å². The topological polar surface area (TPSA) is 66.8 Å². The summed E-state index contributed by atoms with van der Waals surface area (Å²) in [5.74, 6) is -2.39. The van der Waals surface area contributed by atoms with Crippen LogP contribution < -0.4 is 9.64 Å². The number of methoxy groups -OCH3 is 1. The number of hydrogen-bond donors (Lipinski definition) is 1. The molecule has 7 heteroatoms. The molecule has 0 radical (unpaired) electrons. The maximum absolute atomic E-state index is 14.8. The molecule has 1 aliphatic heterocycles. The van der Waals surface area contributed by atoms with Gasteiger partial charge in [-0.25, -0.2) is 4.39 Å². The molecule has 31 heavy (non-hydrogen) atoms. The number of carbonyl (C=O) groups is 2. The Morgan fingerprint density at radius 3 is 2.48 bits per heavy atom. The van der Waals surface area contributed by atoms with Crippen molar-refractivity contribution in [2.45, 2.75) is 6.04 Å². The van der Waals surface area contributed by atoms with Gasteiger partial charge in [0.05, 0.1) is 18.7 Å². The van der Waals surface area contributed by atoms with E-state index in [0.29, 0.717) is 16.5 Å². The summed E-state index contributed by atoms with van der Waals surface area (Å²) in [6.45, 7) is 0. The summed E-state index contributed by atoms with van der Waals surface area (Å²) < 4.78 is 20.0. The predicted octanol–water partition coefficient (Wildman–Crippen LogP) is 5.11. The van der Waals surface area contributed by atoms with Crippen LogP contribution in [0.25, 0.3) is 5.76 Å². The highest BCUT2D eigenvalue weighted by Crippen LogP contribution is 2.43. The number of amides is 1. The molecule has 5 nitrogen and oxygen atoms in total. The van der Waals surface area contributed by atoms with E-state index in [1.54, 1.807) is 42.5 Å². The van der Waals surface area contributed by atoms with Gasteiger partial charge in [0.2, 0.25) is 0 Å². The van der Waals surface area contributed by atoms with Crippen LogP contribution in [0.15, 0.2) is 78.4 Å². The van der Waals surface area contributed by atoms with Crippen molar-refractivity contribution < 1.29 is 23.8 Å². The van der Waals surface area contributed by atoms with Crippen molar-refractivity contribution in [2.24, 2.45) is 0 Å². The van der Waals surface area contributed by atoms with Crippen molar-refractivity contribution >= 4 is 34.7 Å². The van der Waals surface area contributed by atoms with Gasteiger partial charge in [0.15, 0.2) is 0 Å². The second-order valence-corrected chi connectivity index (χ2v) is 7.34. The Labute approximate surface area is 182 Å². The van der Waals surface area contributed by atoms with Crippen LogP contribution in [0.5, 0.6) is 5.75 Å². The quantitative estimate of drug-likeness (QED) is 0.350. The Morgan fingerprint density at radius 1 is 1.03 bits per heavy atom. The van der Waals surface area contributed by atoms with Gasteiger partial charge >= 0.3 is 0 Å². The van der Waals surface area contributed by atoms with E-state index in [-0.39, 0.29) is 16.7 Å². The second-order valence-electron chi connectivity index (χ2n) is 6.90. The average molecular weight is 438 g/mol. The lowest BCUT2D eigenvalue weighted by molar-refractivity contribution is -0.132. The summed E-state index contributed by atoms with van der Waals surface area (Å²) >= 11 is 6.09. The van der Waals surface area contributed by atoms with Crippen LogP contribution in [-0.2, 0) is 9.59 Å². The largest absolute Gasteiger partial charge is 0.507 e. The fourth-order valence-corrected chi connectivity index (χ4v) is 3.83. The zero-order valence-corrected chi connectivity index (χ0v) is 17.1. The van der Waals surface area contributed by atoms with Crippen molar-refractivity contribution in [3.63, 3.8) is 0 Å². The van der Waals surface area contributed by atoms with Gasteiger partial charge in [-0.3, -0.25) is 14.5 Å². The van der Waals surface area contributed by atoms with Crippen molar-refractivity contribution in [3.8, 4) is 5.75 Å². The molecule has 1 saturated heterocycles. The second kappa shape index (κ2) is 8.24.